The topological polar surface area (TPSA) is 45.6 Å². The summed E-state index contributed by atoms with van der Waals surface area (Å²) in [5.74, 6) is 0.307. The van der Waals surface area contributed by atoms with Crippen LogP contribution in [0.4, 0.5) is 4.39 Å². The van der Waals surface area contributed by atoms with Gasteiger partial charge in [-0.1, -0.05) is 12.1 Å². The Labute approximate surface area is 141 Å². The first-order chi connectivity index (χ1) is 11.5. The molecule has 1 aromatic carbocycles. The largest absolute Gasteiger partial charge is 0.489 e. The molecule has 1 unspecified atom stereocenters. The second kappa shape index (κ2) is 6.87. The normalized spacial score (nSPS) is 20.8. The van der Waals surface area contributed by atoms with Crippen LogP contribution >= 0.6 is 0 Å². The zero-order valence-electron chi connectivity index (χ0n) is 14.1. The van der Waals surface area contributed by atoms with Crippen LogP contribution in [0.3, 0.4) is 0 Å². The zero-order valence-corrected chi connectivity index (χ0v) is 14.1. The maximum Gasteiger partial charge on any atom is 0.141 e. The predicted octanol–water partition coefficient (Wildman–Crippen LogP) is 3.10. The van der Waals surface area contributed by atoms with E-state index < -0.39 is 5.60 Å². The van der Waals surface area contributed by atoms with E-state index in [1.165, 1.54) is 12.3 Å². The van der Waals surface area contributed by atoms with E-state index in [4.69, 9.17) is 4.74 Å². The number of pyridine rings is 1. The number of nitrogens with zero attached hydrogens (tertiary/aromatic N) is 2. The molecule has 1 fully saturated rings. The number of ether oxygens (including phenoxy) is 1. The third kappa shape index (κ3) is 3.57. The van der Waals surface area contributed by atoms with E-state index in [-0.39, 0.29) is 18.5 Å². The maximum absolute atomic E-state index is 13.1. The molecule has 1 N–H and O–H groups in total. The van der Waals surface area contributed by atoms with Crippen LogP contribution < -0.4 is 4.74 Å². The number of hydrogen-bond acceptors (Lipinski definition) is 4. The number of hydrogen-bond donors (Lipinski definition) is 1. The first kappa shape index (κ1) is 16.9. The van der Waals surface area contributed by atoms with E-state index in [9.17, 15) is 9.50 Å². The van der Waals surface area contributed by atoms with E-state index in [0.29, 0.717) is 11.3 Å². The number of halogens is 1. The average molecular weight is 330 g/mol. The molecule has 0 bridgehead atoms. The van der Waals surface area contributed by atoms with Gasteiger partial charge in [-0.05, 0) is 57.1 Å². The summed E-state index contributed by atoms with van der Waals surface area (Å²) in [6.07, 6.45) is 4.85. The highest BCUT2D eigenvalue weighted by Crippen LogP contribution is 2.34. The Morgan fingerprint density at radius 3 is 2.71 bits per heavy atom. The Morgan fingerprint density at radius 1 is 1.33 bits per heavy atom. The van der Waals surface area contributed by atoms with Crippen LogP contribution in [0.1, 0.15) is 30.9 Å². The lowest BCUT2D eigenvalue weighted by Gasteiger charge is -2.35. The fourth-order valence-electron chi connectivity index (χ4n) is 3.40. The molecular weight excluding hydrogens is 307 g/mol. The van der Waals surface area contributed by atoms with Gasteiger partial charge in [0.15, 0.2) is 0 Å². The molecular formula is C19H23FN2O2. The van der Waals surface area contributed by atoms with Gasteiger partial charge in [0, 0.05) is 17.8 Å². The van der Waals surface area contributed by atoms with Gasteiger partial charge in [-0.2, -0.15) is 0 Å². The third-order valence-corrected chi connectivity index (χ3v) is 4.78. The van der Waals surface area contributed by atoms with Gasteiger partial charge in [-0.3, -0.25) is 4.98 Å². The van der Waals surface area contributed by atoms with Crippen LogP contribution in [0.15, 0.2) is 42.7 Å². The minimum Gasteiger partial charge on any atom is -0.489 e. The van der Waals surface area contributed by atoms with Crippen LogP contribution in [-0.4, -0.2) is 34.6 Å². The Hall–Kier alpha value is -1.98. The van der Waals surface area contributed by atoms with Crippen molar-refractivity contribution in [1.82, 2.24) is 9.88 Å². The smallest absolute Gasteiger partial charge is 0.141 e. The van der Waals surface area contributed by atoms with Crippen LogP contribution in [-0.2, 0) is 12.2 Å². The average Bonchev–Trinajstić information content (AvgIpc) is 3.00. The summed E-state index contributed by atoms with van der Waals surface area (Å²) in [6.45, 7) is 3.14. The molecule has 0 amide bonds. The van der Waals surface area contributed by atoms with Crippen molar-refractivity contribution < 1.29 is 14.2 Å². The lowest BCUT2D eigenvalue weighted by Crippen LogP contribution is -2.43. The molecule has 24 heavy (non-hydrogen) atoms. The van der Waals surface area contributed by atoms with Crippen LogP contribution in [0, 0.1) is 5.82 Å². The van der Waals surface area contributed by atoms with Crippen molar-refractivity contribution in [2.75, 3.05) is 13.6 Å². The lowest BCUT2D eigenvalue weighted by molar-refractivity contribution is -0.0153. The van der Waals surface area contributed by atoms with Crippen molar-refractivity contribution >= 4 is 0 Å². The molecule has 0 aliphatic carbocycles. The van der Waals surface area contributed by atoms with Crippen molar-refractivity contribution in [1.29, 1.82) is 0 Å². The van der Waals surface area contributed by atoms with E-state index in [1.807, 2.05) is 31.2 Å². The Kier molecular flexibility index (Phi) is 4.83. The van der Waals surface area contributed by atoms with Gasteiger partial charge in [0.05, 0.1) is 6.20 Å². The molecule has 4 nitrogen and oxygen atoms in total. The van der Waals surface area contributed by atoms with E-state index in [2.05, 4.69) is 16.9 Å². The molecule has 0 saturated carbocycles. The third-order valence-electron chi connectivity index (χ3n) is 4.78. The van der Waals surface area contributed by atoms with E-state index in [1.54, 1.807) is 6.20 Å². The van der Waals surface area contributed by atoms with Crippen molar-refractivity contribution in [2.24, 2.45) is 0 Å². The highest BCUT2D eigenvalue weighted by Gasteiger charge is 2.38. The first-order valence-corrected chi connectivity index (χ1v) is 8.22. The van der Waals surface area contributed by atoms with Gasteiger partial charge >= 0.3 is 0 Å². The van der Waals surface area contributed by atoms with Gasteiger partial charge in [-0.25, -0.2) is 4.39 Å². The molecule has 2 heterocycles. The summed E-state index contributed by atoms with van der Waals surface area (Å²) in [5.41, 5.74) is 0.663. The number of likely N-dealkylation sites (N-methyl/N-ethyl adjacent to an activating group) is 1. The highest BCUT2D eigenvalue weighted by atomic mass is 19.1. The van der Waals surface area contributed by atoms with Crippen molar-refractivity contribution in [2.45, 2.75) is 38.0 Å². The van der Waals surface area contributed by atoms with Crippen molar-refractivity contribution in [3.63, 3.8) is 0 Å². The second-order valence-corrected chi connectivity index (χ2v) is 6.61. The summed E-state index contributed by atoms with van der Waals surface area (Å²) < 4.78 is 18.8. The Bertz CT molecular complexity index is 688. The van der Waals surface area contributed by atoms with Crippen molar-refractivity contribution in [3.8, 4) is 5.75 Å². The fourth-order valence-corrected chi connectivity index (χ4v) is 3.40. The van der Waals surface area contributed by atoms with E-state index in [0.717, 1.165) is 24.9 Å². The quantitative estimate of drug-likeness (QED) is 0.915. The molecule has 5 heteroatoms. The zero-order chi connectivity index (χ0) is 17.2. The molecule has 1 aliphatic rings. The number of aromatic nitrogens is 1. The SMILES string of the molecule is CN1CCC[C@@H]1C(C)(O)c1ccc(OCc2cncc(F)c2)cc1. The van der Waals surface area contributed by atoms with Crippen LogP contribution in [0.5, 0.6) is 5.75 Å². The summed E-state index contributed by atoms with van der Waals surface area (Å²) in [7, 11) is 2.05. The molecule has 1 saturated heterocycles. The van der Waals surface area contributed by atoms with Gasteiger partial charge in [0.2, 0.25) is 0 Å². The molecule has 0 spiro atoms. The second-order valence-electron chi connectivity index (χ2n) is 6.61. The molecule has 1 aromatic heterocycles. The maximum atomic E-state index is 13.1. The minimum atomic E-state index is -0.893. The van der Waals surface area contributed by atoms with E-state index >= 15 is 0 Å². The summed E-state index contributed by atoms with van der Waals surface area (Å²) in [5, 5.41) is 11.0. The van der Waals surface area contributed by atoms with Gasteiger partial charge in [0.1, 0.15) is 23.8 Å². The lowest BCUT2D eigenvalue weighted by atomic mass is 9.87. The highest BCUT2D eigenvalue weighted by molar-refractivity contribution is 5.32. The number of likely N-dealkylation sites (tertiary alicyclic amines) is 1. The molecule has 1 aliphatic heterocycles. The molecule has 2 atom stereocenters. The number of aliphatic hydroxyl groups is 1. The minimum absolute atomic E-state index is 0.127. The predicted molar refractivity (Wildman–Crippen MR) is 90.2 cm³/mol. The number of rotatable bonds is 5. The van der Waals surface area contributed by atoms with Gasteiger partial charge < -0.3 is 14.7 Å². The molecule has 2 aromatic rings. The van der Waals surface area contributed by atoms with Gasteiger partial charge in [0.25, 0.3) is 0 Å². The molecule has 3 rings (SSSR count). The van der Waals surface area contributed by atoms with Crippen LogP contribution in [0.2, 0.25) is 0 Å². The Morgan fingerprint density at radius 2 is 2.08 bits per heavy atom. The monoisotopic (exact) mass is 330 g/mol. The van der Waals surface area contributed by atoms with Crippen molar-refractivity contribution in [3.05, 3.63) is 59.7 Å². The summed E-state index contributed by atoms with van der Waals surface area (Å²) >= 11 is 0. The summed E-state index contributed by atoms with van der Waals surface area (Å²) in [6, 6.07) is 9.00. The molecule has 0 radical (unpaired) electrons. The molecule has 128 valence electrons. The Balaban J connectivity index is 1.66. The standard InChI is InChI=1S/C19H23FN2O2/c1-19(23,18-4-3-9-22(18)2)15-5-7-17(8-6-15)24-13-14-10-16(20)12-21-11-14/h5-8,10-12,18,23H,3-4,9,13H2,1-2H3/t18-,19?/m1/s1. The first-order valence-electron chi connectivity index (χ1n) is 8.22. The summed E-state index contributed by atoms with van der Waals surface area (Å²) in [4.78, 5) is 6.01. The fraction of sp³-hybridized carbons (Fsp3) is 0.421. The van der Waals surface area contributed by atoms with Gasteiger partial charge in [-0.15, -0.1) is 0 Å². The van der Waals surface area contributed by atoms with Crippen LogP contribution in [0.25, 0.3) is 0 Å². The number of benzene rings is 1.